The van der Waals surface area contributed by atoms with E-state index in [1.54, 1.807) is 0 Å². The first-order chi connectivity index (χ1) is 23.2. The monoisotopic (exact) mass is 586 g/mol. The molecule has 0 nitrogen and oxygen atoms in total. The summed E-state index contributed by atoms with van der Waals surface area (Å²) in [6.45, 7) is 0. The molecule has 0 aromatic heterocycles. The highest BCUT2D eigenvalue weighted by Crippen LogP contribution is 2.42. The van der Waals surface area contributed by atoms with Crippen LogP contribution >= 0.6 is 0 Å². The molecule has 0 amide bonds. The SMILES string of the molecule is [B]c1c([B])c([B])c2c(-c3ccc4ccccc4c3)c3c([B])c([B])c([B])c([B])c3c(-c3cccc(-c4cccc5ccccc45)c3)c2c1[B]. The second-order valence-electron chi connectivity index (χ2n) is 12.2. The van der Waals surface area contributed by atoms with Gasteiger partial charge >= 0.3 is 0 Å². The van der Waals surface area contributed by atoms with E-state index in [1.807, 2.05) is 54.6 Å². The Kier molecular flexibility index (Phi) is 7.33. The highest BCUT2D eigenvalue weighted by molar-refractivity contribution is 6.71. The number of hydrogen-bond acceptors (Lipinski definition) is 0. The van der Waals surface area contributed by atoms with Gasteiger partial charge in [-0.25, -0.2) is 0 Å². The topological polar surface area (TPSA) is 0 Å². The molecule has 0 fully saturated rings. The number of hydrogen-bond donors (Lipinski definition) is 0. The van der Waals surface area contributed by atoms with E-state index in [-0.39, 0.29) is 43.7 Å². The van der Waals surface area contributed by atoms with Crippen molar-refractivity contribution in [2.75, 3.05) is 0 Å². The van der Waals surface area contributed by atoms with E-state index in [0.29, 0.717) is 32.7 Å². The summed E-state index contributed by atoms with van der Waals surface area (Å²) in [5, 5.41) is 6.75. The molecule has 0 heterocycles. The Hall–Kier alpha value is -4.68. The van der Waals surface area contributed by atoms with Gasteiger partial charge in [0.15, 0.2) is 0 Å². The van der Waals surface area contributed by atoms with E-state index in [9.17, 15) is 0 Å². The van der Waals surface area contributed by atoms with Crippen LogP contribution in [0, 0.1) is 0 Å². The molecule has 0 aliphatic rings. The fourth-order valence-electron chi connectivity index (χ4n) is 7.19. The van der Waals surface area contributed by atoms with Crippen LogP contribution in [0.15, 0.2) is 109 Å². The van der Waals surface area contributed by atoms with Gasteiger partial charge in [0.2, 0.25) is 0 Å². The summed E-state index contributed by atoms with van der Waals surface area (Å²) in [7, 11) is 54.0. The number of benzene rings is 8. The molecule has 8 heteroatoms. The van der Waals surface area contributed by atoms with Crippen LogP contribution in [0.5, 0.6) is 0 Å². The molecular weight excluding hydrogens is 567 g/mol. The molecule has 0 bridgehead atoms. The zero-order valence-corrected chi connectivity index (χ0v) is 26.0. The Morgan fingerprint density at radius 2 is 0.729 bits per heavy atom. The Morgan fingerprint density at radius 1 is 0.292 bits per heavy atom. The van der Waals surface area contributed by atoms with Crippen LogP contribution in [-0.2, 0) is 0 Å². The maximum Gasteiger partial charge on any atom is 0.113 e. The van der Waals surface area contributed by atoms with E-state index >= 15 is 0 Å². The van der Waals surface area contributed by atoms with Crippen LogP contribution in [0.2, 0.25) is 0 Å². The minimum absolute atomic E-state index is 0.185. The average molecular weight is 585 g/mol. The molecule has 16 radical (unpaired) electrons. The van der Waals surface area contributed by atoms with Crippen LogP contribution in [0.3, 0.4) is 0 Å². The van der Waals surface area contributed by atoms with Crippen molar-refractivity contribution >= 4 is 150 Å². The molecule has 0 atom stereocenters. The molecule has 8 rings (SSSR count). The molecule has 0 N–H and O–H groups in total. The van der Waals surface area contributed by atoms with Gasteiger partial charge in [0, 0.05) is 0 Å². The second-order valence-corrected chi connectivity index (χ2v) is 12.2. The lowest BCUT2D eigenvalue weighted by atomic mass is 9.59. The van der Waals surface area contributed by atoms with Crippen molar-refractivity contribution in [2.45, 2.75) is 0 Å². The lowest BCUT2D eigenvalue weighted by Gasteiger charge is -2.28. The molecule has 0 spiro atoms. The van der Waals surface area contributed by atoms with Gasteiger partial charge in [-0.15, -0.1) is 21.9 Å². The Balaban J connectivity index is 1.59. The van der Waals surface area contributed by atoms with Gasteiger partial charge in [0.1, 0.15) is 62.8 Å². The first-order valence-electron chi connectivity index (χ1n) is 15.5. The van der Waals surface area contributed by atoms with E-state index in [2.05, 4.69) is 54.6 Å². The van der Waals surface area contributed by atoms with Gasteiger partial charge in [0.05, 0.1) is 0 Å². The molecule has 202 valence electrons. The lowest BCUT2D eigenvalue weighted by molar-refractivity contribution is 1.64. The average Bonchev–Trinajstić information content (AvgIpc) is 3.12. The number of rotatable bonds is 3. The highest BCUT2D eigenvalue weighted by Gasteiger charge is 2.25. The Morgan fingerprint density at radius 3 is 1.31 bits per heavy atom. The maximum absolute atomic E-state index is 6.95. The van der Waals surface area contributed by atoms with Gasteiger partial charge in [-0.05, 0) is 88.6 Å². The summed E-state index contributed by atoms with van der Waals surface area (Å²) in [6.07, 6.45) is 0. The quantitative estimate of drug-likeness (QED) is 0.219. The number of fused-ring (bicyclic) bond motifs is 4. The fourth-order valence-corrected chi connectivity index (χ4v) is 7.19. The molecule has 8 aromatic rings. The van der Waals surface area contributed by atoms with E-state index in [4.69, 9.17) is 62.8 Å². The molecular formula is C40H18B8. The van der Waals surface area contributed by atoms with Crippen LogP contribution in [-0.4, -0.2) is 62.8 Å². The van der Waals surface area contributed by atoms with Crippen molar-refractivity contribution in [3.05, 3.63) is 109 Å². The Labute approximate surface area is 291 Å². The summed E-state index contributed by atoms with van der Waals surface area (Å²) >= 11 is 0. The molecule has 0 aliphatic heterocycles. The normalized spacial score (nSPS) is 11.6. The van der Waals surface area contributed by atoms with Crippen molar-refractivity contribution in [1.29, 1.82) is 0 Å². The summed E-state index contributed by atoms with van der Waals surface area (Å²) in [5.41, 5.74) is 6.93. The van der Waals surface area contributed by atoms with Gasteiger partial charge in [0.25, 0.3) is 0 Å². The zero-order chi connectivity index (χ0) is 33.4. The zero-order valence-electron chi connectivity index (χ0n) is 26.0. The Bertz CT molecular complexity index is 2570. The van der Waals surface area contributed by atoms with E-state index in [1.165, 1.54) is 0 Å². The molecule has 48 heavy (non-hydrogen) atoms. The van der Waals surface area contributed by atoms with Crippen molar-refractivity contribution in [1.82, 2.24) is 0 Å². The summed E-state index contributed by atoms with van der Waals surface area (Å²) in [5.74, 6) is 0. The van der Waals surface area contributed by atoms with Crippen LogP contribution in [0.4, 0.5) is 0 Å². The first kappa shape index (κ1) is 30.6. The van der Waals surface area contributed by atoms with Gasteiger partial charge in [-0.1, -0.05) is 119 Å². The van der Waals surface area contributed by atoms with Crippen LogP contribution < -0.4 is 43.7 Å². The molecule has 8 aromatic carbocycles. The van der Waals surface area contributed by atoms with Crippen molar-refractivity contribution < 1.29 is 0 Å². The summed E-state index contributed by atoms with van der Waals surface area (Å²) in [6, 6.07) is 37.0. The highest BCUT2D eigenvalue weighted by atomic mass is 14.2. The van der Waals surface area contributed by atoms with Gasteiger partial charge < -0.3 is 0 Å². The predicted octanol–water partition coefficient (Wildman–Crippen LogP) is 1.65. The minimum atomic E-state index is 0.185. The maximum atomic E-state index is 6.95. The van der Waals surface area contributed by atoms with Crippen molar-refractivity contribution in [3.8, 4) is 33.4 Å². The third kappa shape index (κ3) is 4.49. The molecule has 0 saturated carbocycles. The van der Waals surface area contributed by atoms with Crippen molar-refractivity contribution in [2.24, 2.45) is 0 Å². The summed E-state index contributed by atoms with van der Waals surface area (Å²) in [4.78, 5) is 0. The van der Waals surface area contributed by atoms with Crippen molar-refractivity contribution in [3.63, 3.8) is 0 Å². The third-order valence-corrected chi connectivity index (χ3v) is 9.61. The summed E-state index contributed by atoms with van der Waals surface area (Å²) < 4.78 is 0. The minimum Gasteiger partial charge on any atom is -0.110 e. The molecule has 0 saturated heterocycles. The van der Waals surface area contributed by atoms with Crippen LogP contribution in [0.25, 0.3) is 76.5 Å². The molecule has 0 aliphatic carbocycles. The fraction of sp³-hybridized carbons (Fsp3) is 0. The van der Waals surface area contributed by atoms with Gasteiger partial charge in [-0.3, -0.25) is 0 Å². The predicted molar refractivity (Wildman–Crippen MR) is 216 cm³/mol. The largest absolute Gasteiger partial charge is 0.113 e. The smallest absolute Gasteiger partial charge is 0.110 e. The second kappa shape index (κ2) is 11.5. The van der Waals surface area contributed by atoms with E-state index < -0.39 is 0 Å². The first-order valence-corrected chi connectivity index (χ1v) is 15.5. The van der Waals surface area contributed by atoms with E-state index in [0.717, 1.165) is 43.8 Å². The molecule has 0 unspecified atom stereocenters. The van der Waals surface area contributed by atoms with Crippen LogP contribution in [0.1, 0.15) is 0 Å². The third-order valence-electron chi connectivity index (χ3n) is 9.61. The lowest BCUT2D eigenvalue weighted by Crippen LogP contribution is -2.50. The van der Waals surface area contributed by atoms with Gasteiger partial charge in [-0.2, -0.15) is 0 Å². The standard InChI is InChI=1S/C40H18B8/c41-33-29-27(23-12-5-11-22(18-23)26-14-6-10-20-8-3-4-13-25(20)26)30-32(36(44)40(48)38(46)34(30)42)28(31(29)35(43)39(47)37(33)45)24-16-15-19-7-1-2-9-21(19)17-24/h1-18H.